The van der Waals surface area contributed by atoms with Crippen LogP contribution in [0.25, 0.3) is 24.3 Å². The first-order valence-corrected chi connectivity index (χ1v) is 17.9. The molecule has 0 saturated heterocycles. The van der Waals surface area contributed by atoms with Crippen molar-refractivity contribution in [2.24, 2.45) is 0 Å². The first-order chi connectivity index (χ1) is 22.7. The van der Waals surface area contributed by atoms with Gasteiger partial charge >= 0.3 is 0 Å². The zero-order valence-corrected chi connectivity index (χ0v) is 30.2. The molecule has 0 radical (unpaired) electrons. The van der Waals surface area contributed by atoms with Crippen molar-refractivity contribution in [1.82, 2.24) is 0 Å². The molecule has 4 heteroatoms. The highest BCUT2D eigenvalue weighted by Crippen LogP contribution is 2.52. The van der Waals surface area contributed by atoms with Crippen LogP contribution in [0.1, 0.15) is 137 Å². The minimum atomic E-state index is 0.0524. The molecule has 48 heavy (non-hydrogen) atoms. The van der Waals surface area contributed by atoms with Crippen LogP contribution >= 0.6 is 0 Å². The van der Waals surface area contributed by atoms with Gasteiger partial charge < -0.3 is 9.80 Å². The molecular formula is C44H50N4. The van der Waals surface area contributed by atoms with Crippen LogP contribution in [0.5, 0.6) is 0 Å². The number of hydrogen-bond donors (Lipinski definition) is 0. The topological polar surface area (TPSA) is 54.1 Å². The summed E-state index contributed by atoms with van der Waals surface area (Å²) in [6.07, 6.45) is 13.0. The highest BCUT2D eigenvalue weighted by atomic mass is 15.2. The largest absolute Gasteiger partial charge is 0.371 e. The average molecular weight is 635 g/mol. The minimum Gasteiger partial charge on any atom is -0.371 e. The summed E-state index contributed by atoms with van der Waals surface area (Å²) in [4.78, 5) is 5.18. The van der Waals surface area contributed by atoms with Crippen LogP contribution in [-0.2, 0) is 21.7 Å². The van der Waals surface area contributed by atoms with Gasteiger partial charge in [-0.15, -0.1) is 0 Å². The third kappa shape index (κ3) is 5.17. The number of anilines is 2. The zero-order chi connectivity index (χ0) is 34.2. The maximum absolute atomic E-state index is 10.3. The van der Waals surface area contributed by atoms with E-state index in [1.807, 2.05) is 24.3 Å². The van der Waals surface area contributed by atoms with E-state index in [2.05, 4.69) is 114 Å². The van der Waals surface area contributed by atoms with E-state index in [0.717, 1.165) is 50.1 Å². The van der Waals surface area contributed by atoms with Crippen LogP contribution < -0.4 is 9.80 Å². The summed E-state index contributed by atoms with van der Waals surface area (Å²) in [6.45, 7) is 23.3. The van der Waals surface area contributed by atoms with Gasteiger partial charge in [0.15, 0.2) is 0 Å². The lowest BCUT2D eigenvalue weighted by atomic mass is 9.68. The summed E-state index contributed by atoms with van der Waals surface area (Å²) in [5.41, 5.74) is 14.1. The second-order valence-electron chi connectivity index (χ2n) is 17.3. The first kappa shape index (κ1) is 32.3. The van der Waals surface area contributed by atoms with E-state index in [9.17, 15) is 10.5 Å². The third-order valence-corrected chi connectivity index (χ3v) is 12.2. The van der Waals surface area contributed by atoms with Crippen molar-refractivity contribution in [1.29, 1.82) is 10.5 Å². The Kier molecular flexibility index (Phi) is 7.49. The SMILES string of the molecule is CC1(C)CCN2CCC(C)(C)c3c(C=Cc4cc(C#N)c(C=Cc5ccc6c7c5C(C)(C)CCN7CCC6(C)C)cc4C#N)ccc1c32. The smallest absolute Gasteiger partial charge is 0.0998 e. The van der Waals surface area contributed by atoms with E-state index >= 15 is 0 Å². The van der Waals surface area contributed by atoms with E-state index in [4.69, 9.17) is 0 Å². The summed E-state index contributed by atoms with van der Waals surface area (Å²) < 4.78 is 0. The molecule has 0 N–H and O–H groups in total. The van der Waals surface area contributed by atoms with Gasteiger partial charge in [-0.2, -0.15) is 10.5 Å². The summed E-state index contributed by atoms with van der Waals surface area (Å²) >= 11 is 0. The summed E-state index contributed by atoms with van der Waals surface area (Å²) in [6, 6.07) is 17.8. The van der Waals surface area contributed by atoms with Gasteiger partial charge in [0.25, 0.3) is 0 Å². The van der Waals surface area contributed by atoms with Gasteiger partial charge in [-0.1, -0.05) is 104 Å². The summed E-state index contributed by atoms with van der Waals surface area (Å²) in [7, 11) is 0. The molecule has 246 valence electrons. The minimum absolute atomic E-state index is 0.0524. The van der Waals surface area contributed by atoms with Gasteiger partial charge in [0.1, 0.15) is 0 Å². The Morgan fingerprint density at radius 2 is 0.833 bits per heavy atom. The van der Waals surface area contributed by atoms with E-state index in [-0.39, 0.29) is 21.7 Å². The lowest BCUT2D eigenvalue weighted by Crippen LogP contribution is -2.45. The lowest BCUT2D eigenvalue weighted by molar-refractivity contribution is 0.401. The molecule has 3 aromatic carbocycles. The van der Waals surface area contributed by atoms with Crippen LogP contribution in [0.4, 0.5) is 11.4 Å². The Hall–Kier alpha value is -4.28. The van der Waals surface area contributed by atoms with Crippen LogP contribution in [0.2, 0.25) is 0 Å². The van der Waals surface area contributed by atoms with Gasteiger partial charge in [-0.25, -0.2) is 0 Å². The number of rotatable bonds is 4. The second kappa shape index (κ2) is 11.1. The molecule has 0 atom stereocenters. The molecule has 0 bridgehead atoms. The average Bonchev–Trinajstić information content (AvgIpc) is 3.04. The van der Waals surface area contributed by atoms with Crippen molar-refractivity contribution < 1.29 is 0 Å². The Morgan fingerprint density at radius 1 is 0.500 bits per heavy atom. The van der Waals surface area contributed by atoms with Crippen molar-refractivity contribution in [3.05, 3.63) is 92.0 Å². The van der Waals surface area contributed by atoms with E-state index in [1.54, 1.807) is 0 Å². The quantitative estimate of drug-likeness (QED) is 0.268. The number of benzene rings is 3. The molecule has 4 aliphatic heterocycles. The third-order valence-electron chi connectivity index (χ3n) is 12.2. The monoisotopic (exact) mass is 634 g/mol. The van der Waals surface area contributed by atoms with Crippen LogP contribution in [0.15, 0.2) is 36.4 Å². The van der Waals surface area contributed by atoms with Crippen molar-refractivity contribution >= 4 is 35.7 Å². The van der Waals surface area contributed by atoms with Gasteiger partial charge in [0.2, 0.25) is 0 Å². The van der Waals surface area contributed by atoms with E-state index in [0.29, 0.717) is 11.1 Å². The fourth-order valence-electron chi connectivity index (χ4n) is 8.97. The molecule has 0 spiro atoms. The van der Waals surface area contributed by atoms with Crippen molar-refractivity contribution in [2.45, 2.75) is 103 Å². The molecule has 0 aliphatic carbocycles. The fourth-order valence-corrected chi connectivity index (χ4v) is 8.97. The molecule has 4 heterocycles. The maximum Gasteiger partial charge on any atom is 0.0998 e. The standard InChI is InChI=1S/C44H50N4/c1-41(2)17-21-47-23-19-43(5,6)37-29(13-15-35(41)39(37)47)9-11-31-25-34(28-46)32(26-33(31)27-45)12-10-30-14-16-36-40-38(30)44(7,8)20-24-48(40)22-18-42(36,3)4/h9-16,25-26H,17-24H2,1-8H3. The Bertz CT molecular complexity index is 1820. The van der Waals surface area contributed by atoms with Gasteiger partial charge in [0.05, 0.1) is 23.3 Å². The van der Waals surface area contributed by atoms with Crippen molar-refractivity contribution in [2.75, 3.05) is 36.0 Å². The molecule has 0 aromatic heterocycles. The molecule has 0 fully saturated rings. The Morgan fingerprint density at radius 3 is 1.19 bits per heavy atom. The van der Waals surface area contributed by atoms with Gasteiger partial charge in [-0.05, 0) is 104 Å². The number of nitrogens with zero attached hydrogens (tertiary/aromatic N) is 4. The normalized spacial score (nSPS) is 21.0. The predicted molar refractivity (Wildman–Crippen MR) is 202 cm³/mol. The molecule has 0 unspecified atom stereocenters. The summed E-state index contributed by atoms with van der Waals surface area (Å²) in [5.74, 6) is 0. The Balaban J connectivity index is 1.27. The van der Waals surface area contributed by atoms with Crippen LogP contribution in [0, 0.1) is 22.7 Å². The van der Waals surface area contributed by atoms with Crippen molar-refractivity contribution in [3.8, 4) is 12.1 Å². The molecule has 3 aromatic rings. The molecule has 0 amide bonds. The maximum atomic E-state index is 10.3. The number of nitriles is 2. The van der Waals surface area contributed by atoms with Gasteiger partial charge in [0, 0.05) is 37.6 Å². The van der Waals surface area contributed by atoms with Crippen LogP contribution in [0.3, 0.4) is 0 Å². The summed E-state index contributed by atoms with van der Waals surface area (Å²) in [5, 5.41) is 20.6. The number of hydrogen-bond acceptors (Lipinski definition) is 4. The highest BCUT2D eigenvalue weighted by Gasteiger charge is 2.42. The molecule has 4 aliphatic rings. The molecule has 7 rings (SSSR count). The lowest BCUT2D eigenvalue weighted by Gasteiger charge is -2.48. The second-order valence-corrected chi connectivity index (χ2v) is 17.3. The van der Waals surface area contributed by atoms with Crippen LogP contribution in [-0.4, -0.2) is 26.2 Å². The first-order valence-electron chi connectivity index (χ1n) is 17.9. The Labute approximate surface area is 288 Å². The highest BCUT2D eigenvalue weighted by molar-refractivity contribution is 5.84. The fraction of sp³-hybridized carbons (Fsp3) is 0.455. The molecule has 0 saturated carbocycles. The van der Waals surface area contributed by atoms with E-state index < -0.39 is 0 Å². The van der Waals surface area contributed by atoms with E-state index in [1.165, 1.54) is 57.6 Å². The van der Waals surface area contributed by atoms with Gasteiger partial charge in [-0.3, -0.25) is 0 Å². The molecular weight excluding hydrogens is 585 g/mol. The predicted octanol–water partition coefficient (Wildman–Crippen LogP) is 10.1. The zero-order valence-electron chi connectivity index (χ0n) is 30.2. The van der Waals surface area contributed by atoms with Crippen molar-refractivity contribution in [3.63, 3.8) is 0 Å². The molecule has 4 nitrogen and oxygen atoms in total.